The lowest BCUT2D eigenvalue weighted by Gasteiger charge is -2.21. The van der Waals surface area contributed by atoms with Crippen LogP contribution >= 0.6 is 12.4 Å². The summed E-state index contributed by atoms with van der Waals surface area (Å²) in [6.45, 7) is 1.84. The van der Waals surface area contributed by atoms with Crippen molar-refractivity contribution in [1.29, 1.82) is 0 Å². The Balaban J connectivity index is 0.00000144. The molecule has 1 aliphatic rings. The van der Waals surface area contributed by atoms with Crippen LogP contribution in [0.25, 0.3) is 0 Å². The maximum atomic E-state index is 12.1. The van der Waals surface area contributed by atoms with E-state index in [0.29, 0.717) is 0 Å². The third-order valence-corrected chi connectivity index (χ3v) is 3.04. The van der Waals surface area contributed by atoms with Crippen molar-refractivity contribution in [3.8, 4) is 5.75 Å². The largest absolute Gasteiger partial charge is 0.497 e. The van der Waals surface area contributed by atoms with Gasteiger partial charge in [0.05, 0.1) is 7.11 Å². The number of hydrogen-bond donors (Lipinski definition) is 1. The molecule has 1 unspecified atom stereocenters. The average molecular weight is 256 g/mol. The number of nitrogens with one attached hydrogen (secondary N) is 1. The molecule has 0 amide bonds. The number of halogens is 1. The van der Waals surface area contributed by atoms with Gasteiger partial charge in [-0.15, -0.1) is 12.4 Å². The van der Waals surface area contributed by atoms with Crippen LogP contribution in [0.3, 0.4) is 0 Å². The highest BCUT2D eigenvalue weighted by molar-refractivity contribution is 5.98. The standard InChI is InChI=1S/C13H17NO2.ClH/c1-16-12-6-4-10(5-7-12)13(15)11-3-2-8-14-9-11;/h4-7,11,14H,2-3,8-9H2,1H3;1H. The molecule has 2 rings (SSSR count). The van der Waals surface area contributed by atoms with Gasteiger partial charge in [-0.05, 0) is 43.7 Å². The summed E-state index contributed by atoms with van der Waals surface area (Å²) in [5.74, 6) is 1.18. The maximum absolute atomic E-state index is 12.1. The van der Waals surface area contributed by atoms with Crippen molar-refractivity contribution in [2.45, 2.75) is 12.8 Å². The van der Waals surface area contributed by atoms with Crippen LogP contribution in [0.15, 0.2) is 24.3 Å². The topological polar surface area (TPSA) is 38.3 Å². The lowest BCUT2D eigenvalue weighted by Crippen LogP contribution is -2.34. The minimum Gasteiger partial charge on any atom is -0.497 e. The number of methoxy groups -OCH3 is 1. The first-order valence-corrected chi connectivity index (χ1v) is 5.70. The van der Waals surface area contributed by atoms with E-state index in [4.69, 9.17) is 4.74 Å². The van der Waals surface area contributed by atoms with Crippen LogP contribution in [0.5, 0.6) is 5.75 Å². The van der Waals surface area contributed by atoms with Crippen LogP contribution in [-0.2, 0) is 0 Å². The van der Waals surface area contributed by atoms with Crippen LogP contribution in [0, 0.1) is 5.92 Å². The molecule has 0 bridgehead atoms. The van der Waals surface area contributed by atoms with Gasteiger partial charge < -0.3 is 10.1 Å². The van der Waals surface area contributed by atoms with Crippen molar-refractivity contribution in [3.05, 3.63) is 29.8 Å². The van der Waals surface area contributed by atoms with Gasteiger partial charge in [-0.25, -0.2) is 0 Å². The number of carbonyl (C=O) groups excluding carboxylic acids is 1. The summed E-state index contributed by atoms with van der Waals surface area (Å²) in [4.78, 5) is 12.1. The zero-order chi connectivity index (χ0) is 11.4. The van der Waals surface area contributed by atoms with Crippen molar-refractivity contribution in [2.24, 2.45) is 5.92 Å². The van der Waals surface area contributed by atoms with E-state index in [1.807, 2.05) is 24.3 Å². The van der Waals surface area contributed by atoms with Gasteiger partial charge in [0.15, 0.2) is 5.78 Å². The summed E-state index contributed by atoms with van der Waals surface area (Å²) < 4.78 is 5.07. The van der Waals surface area contributed by atoms with Gasteiger partial charge in [0.1, 0.15) is 5.75 Å². The predicted molar refractivity (Wildman–Crippen MR) is 70.2 cm³/mol. The fraction of sp³-hybridized carbons (Fsp3) is 0.462. The van der Waals surface area contributed by atoms with Gasteiger partial charge in [0.25, 0.3) is 0 Å². The van der Waals surface area contributed by atoms with Crippen molar-refractivity contribution in [3.63, 3.8) is 0 Å². The molecule has 1 heterocycles. The molecular formula is C13H18ClNO2. The molecule has 1 N–H and O–H groups in total. The first-order chi connectivity index (χ1) is 7.81. The Morgan fingerprint density at radius 3 is 2.59 bits per heavy atom. The Labute approximate surface area is 108 Å². The van der Waals surface area contributed by atoms with Gasteiger partial charge >= 0.3 is 0 Å². The summed E-state index contributed by atoms with van der Waals surface area (Å²) in [6, 6.07) is 7.36. The number of piperidine rings is 1. The molecule has 17 heavy (non-hydrogen) atoms. The third-order valence-electron chi connectivity index (χ3n) is 3.04. The second kappa shape index (κ2) is 6.62. The lowest BCUT2D eigenvalue weighted by molar-refractivity contribution is 0.0899. The molecule has 0 aromatic heterocycles. The lowest BCUT2D eigenvalue weighted by atomic mass is 9.91. The maximum Gasteiger partial charge on any atom is 0.167 e. The van der Waals surface area contributed by atoms with E-state index in [0.717, 1.165) is 37.2 Å². The monoisotopic (exact) mass is 255 g/mol. The molecule has 94 valence electrons. The van der Waals surface area contributed by atoms with E-state index < -0.39 is 0 Å². The Morgan fingerprint density at radius 2 is 2.06 bits per heavy atom. The average Bonchev–Trinajstić information content (AvgIpc) is 2.39. The quantitative estimate of drug-likeness (QED) is 0.843. The van der Waals surface area contributed by atoms with Crippen LogP contribution in [0.1, 0.15) is 23.2 Å². The number of carbonyl (C=O) groups is 1. The molecular weight excluding hydrogens is 238 g/mol. The summed E-state index contributed by atoms with van der Waals surface area (Å²) in [5, 5.41) is 3.26. The Hall–Kier alpha value is -1.06. The number of ketones is 1. The first kappa shape index (κ1) is 14.0. The van der Waals surface area contributed by atoms with Crippen LogP contribution < -0.4 is 10.1 Å². The second-order valence-corrected chi connectivity index (χ2v) is 4.14. The van der Waals surface area contributed by atoms with E-state index in [2.05, 4.69) is 5.32 Å². The smallest absolute Gasteiger partial charge is 0.167 e. The van der Waals surface area contributed by atoms with Gasteiger partial charge in [-0.2, -0.15) is 0 Å². The van der Waals surface area contributed by atoms with Gasteiger partial charge in [-0.1, -0.05) is 0 Å². The summed E-state index contributed by atoms with van der Waals surface area (Å²) >= 11 is 0. The number of Topliss-reactive ketones (excluding diaryl/α,β-unsaturated/α-hetero) is 1. The Morgan fingerprint density at radius 1 is 1.35 bits per heavy atom. The SMILES string of the molecule is COc1ccc(C(=O)C2CCCNC2)cc1.Cl. The van der Waals surface area contributed by atoms with Crippen molar-refractivity contribution in [1.82, 2.24) is 5.32 Å². The van der Waals surface area contributed by atoms with Gasteiger partial charge in [0, 0.05) is 18.0 Å². The van der Waals surface area contributed by atoms with E-state index in [1.54, 1.807) is 7.11 Å². The molecule has 0 radical (unpaired) electrons. The Bertz CT molecular complexity index is 358. The molecule has 0 aliphatic carbocycles. The second-order valence-electron chi connectivity index (χ2n) is 4.14. The third kappa shape index (κ3) is 3.45. The van der Waals surface area contributed by atoms with Crippen molar-refractivity contribution in [2.75, 3.05) is 20.2 Å². The van der Waals surface area contributed by atoms with E-state index in [9.17, 15) is 4.79 Å². The fourth-order valence-electron chi connectivity index (χ4n) is 2.07. The predicted octanol–water partition coefficient (Wildman–Crippen LogP) is 2.30. The highest BCUT2D eigenvalue weighted by Gasteiger charge is 2.21. The van der Waals surface area contributed by atoms with Crippen LogP contribution in [0.4, 0.5) is 0 Å². The minimum atomic E-state index is 0. The van der Waals surface area contributed by atoms with E-state index in [-0.39, 0.29) is 24.1 Å². The molecule has 1 aromatic carbocycles. The van der Waals surface area contributed by atoms with Crippen molar-refractivity contribution < 1.29 is 9.53 Å². The zero-order valence-corrected chi connectivity index (χ0v) is 10.8. The zero-order valence-electron chi connectivity index (χ0n) is 9.94. The molecule has 1 aliphatic heterocycles. The molecule has 1 aromatic rings. The first-order valence-electron chi connectivity index (χ1n) is 5.70. The molecule has 3 nitrogen and oxygen atoms in total. The molecule has 4 heteroatoms. The van der Waals surface area contributed by atoms with E-state index >= 15 is 0 Å². The Kier molecular flexibility index (Phi) is 5.45. The number of benzene rings is 1. The molecule has 1 atom stereocenters. The summed E-state index contributed by atoms with van der Waals surface area (Å²) in [5.41, 5.74) is 0.787. The highest BCUT2D eigenvalue weighted by Crippen LogP contribution is 2.18. The highest BCUT2D eigenvalue weighted by atomic mass is 35.5. The summed E-state index contributed by atoms with van der Waals surface area (Å²) in [6.07, 6.45) is 2.09. The van der Waals surface area contributed by atoms with Crippen LogP contribution in [0.2, 0.25) is 0 Å². The summed E-state index contributed by atoms with van der Waals surface area (Å²) in [7, 11) is 1.63. The number of rotatable bonds is 3. The van der Waals surface area contributed by atoms with Crippen LogP contribution in [-0.4, -0.2) is 26.0 Å². The molecule has 0 spiro atoms. The van der Waals surface area contributed by atoms with E-state index in [1.165, 1.54) is 0 Å². The molecule has 1 fully saturated rings. The molecule has 0 saturated carbocycles. The fourth-order valence-corrected chi connectivity index (χ4v) is 2.07. The van der Waals surface area contributed by atoms with Crippen molar-refractivity contribution >= 4 is 18.2 Å². The molecule has 1 saturated heterocycles. The normalized spacial score (nSPS) is 19.2. The minimum absolute atomic E-state index is 0. The van der Waals surface area contributed by atoms with Gasteiger partial charge in [0.2, 0.25) is 0 Å². The number of hydrogen-bond acceptors (Lipinski definition) is 3. The number of ether oxygens (including phenoxy) is 1. The van der Waals surface area contributed by atoms with Gasteiger partial charge in [-0.3, -0.25) is 4.79 Å².